The van der Waals surface area contributed by atoms with E-state index in [1.54, 1.807) is 31.2 Å². The molecule has 1 amide bonds. The van der Waals surface area contributed by atoms with Crippen LogP contribution in [0, 0.1) is 18.3 Å². The van der Waals surface area contributed by atoms with Gasteiger partial charge in [0.15, 0.2) is 0 Å². The Hall–Kier alpha value is -3.59. The maximum absolute atomic E-state index is 12.2. The fourth-order valence-electron chi connectivity index (χ4n) is 2.14. The molecule has 2 aromatic carbocycles. The van der Waals surface area contributed by atoms with Crippen LogP contribution in [-0.2, 0) is 9.53 Å². The lowest BCUT2D eigenvalue weighted by Gasteiger charge is -2.07. The minimum absolute atomic E-state index is 0.0669. The molecular weight excluding hydrogens is 330 g/mol. The highest BCUT2D eigenvalue weighted by molar-refractivity contribution is 6.06. The highest BCUT2D eigenvalue weighted by Crippen LogP contribution is 2.15. The van der Waals surface area contributed by atoms with E-state index in [1.807, 2.05) is 37.3 Å². The first-order chi connectivity index (χ1) is 12.5. The molecule has 0 bridgehead atoms. The van der Waals surface area contributed by atoms with Crippen LogP contribution in [0.25, 0.3) is 0 Å². The molecule has 0 heterocycles. The van der Waals surface area contributed by atoms with Gasteiger partial charge in [-0.15, -0.1) is 0 Å². The Morgan fingerprint density at radius 3 is 2.46 bits per heavy atom. The maximum atomic E-state index is 12.2. The summed E-state index contributed by atoms with van der Waals surface area (Å²) in [6.07, 6.45) is 1.37. The first kappa shape index (κ1) is 18.7. The average Bonchev–Trinajstić information content (AvgIpc) is 2.64. The molecule has 0 aliphatic carbocycles. The van der Waals surface area contributed by atoms with Gasteiger partial charge in [-0.2, -0.15) is 5.26 Å². The van der Waals surface area contributed by atoms with Gasteiger partial charge in [-0.3, -0.25) is 4.79 Å². The topological polar surface area (TPSA) is 91.2 Å². The lowest BCUT2D eigenvalue weighted by atomic mass is 10.2. The number of ether oxygens (including phenoxy) is 1. The Labute approximate surface area is 152 Å². The van der Waals surface area contributed by atoms with E-state index in [2.05, 4.69) is 10.6 Å². The number of rotatable bonds is 6. The number of benzene rings is 2. The zero-order valence-corrected chi connectivity index (χ0v) is 14.6. The predicted octanol–water partition coefficient (Wildman–Crippen LogP) is 3.63. The predicted molar refractivity (Wildman–Crippen MR) is 99.5 cm³/mol. The third-order valence-corrected chi connectivity index (χ3v) is 3.54. The molecule has 0 saturated heterocycles. The molecule has 132 valence electrons. The average molecular weight is 349 g/mol. The van der Waals surface area contributed by atoms with Crippen LogP contribution in [0.4, 0.5) is 11.4 Å². The summed E-state index contributed by atoms with van der Waals surface area (Å²) in [5.74, 6) is -0.970. The van der Waals surface area contributed by atoms with Crippen LogP contribution in [0.2, 0.25) is 0 Å². The van der Waals surface area contributed by atoms with E-state index in [4.69, 9.17) is 4.74 Å². The number of esters is 1. The van der Waals surface area contributed by atoms with Crippen LogP contribution in [0.1, 0.15) is 22.8 Å². The standard InChI is InChI=1S/C20H19N3O3/c1-3-26-20(25)15-8-10-17(11-9-15)23-19(24)16(12-21)13-22-18-7-5-4-6-14(18)2/h4-11,13,22H,3H2,1-2H3,(H,23,24)/b16-13-. The molecule has 0 unspecified atom stereocenters. The van der Waals surface area contributed by atoms with Gasteiger partial charge < -0.3 is 15.4 Å². The molecule has 0 aromatic heterocycles. The Bertz CT molecular complexity index is 865. The van der Waals surface area contributed by atoms with Crippen molar-refractivity contribution < 1.29 is 14.3 Å². The van der Waals surface area contributed by atoms with Gasteiger partial charge in [0.05, 0.1) is 12.2 Å². The molecule has 6 heteroatoms. The van der Waals surface area contributed by atoms with Crippen LogP contribution >= 0.6 is 0 Å². The summed E-state index contributed by atoms with van der Waals surface area (Å²) in [6, 6.07) is 15.7. The third kappa shape index (κ3) is 4.95. The lowest BCUT2D eigenvalue weighted by molar-refractivity contribution is -0.112. The fourth-order valence-corrected chi connectivity index (χ4v) is 2.14. The van der Waals surface area contributed by atoms with E-state index in [1.165, 1.54) is 6.20 Å². The second-order valence-corrected chi connectivity index (χ2v) is 5.38. The molecule has 0 spiro atoms. The molecule has 0 atom stereocenters. The number of amides is 1. The van der Waals surface area contributed by atoms with E-state index in [-0.39, 0.29) is 5.57 Å². The van der Waals surface area contributed by atoms with E-state index in [9.17, 15) is 14.9 Å². The molecular formula is C20H19N3O3. The van der Waals surface area contributed by atoms with Gasteiger partial charge in [0.1, 0.15) is 11.6 Å². The van der Waals surface area contributed by atoms with Crippen molar-refractivity contribution in [2.24, 2.45) is 0 Å². The number of hydrogen-bond donors (Lipinski definition) is 2. The molecule has 0 saturated carbocycles. The normalized spacial score (nSPS) is 10.6. The molecule has 2 rings (SSSR count). The lowest BCUT2D eigenvalue weighted by Crippen LogP contribution is -2.15. The Morgan fingerprint density at radius 2 is 1.85 bits per heavy atom. The molecule has 0 radical (unpaired) electrons. The number of carbonyl (C=O) groups is 2. The van der Waals surface area contributed by atoms with Gasteiger partial charge in [-0.1, -0.05) is 18.2 Å². The second-order valence-electron chi connectivity index (χ2n) is 5.38. The van der Waals surface area contributed by atoms with E-state index < -0.39 is 11.9 Å². The van der Waals surface area contributed by atoms with Crippen molar-refractivity contribution in [3.8, 4) is 6.07 Å². The smallest absolute Gasteiger partial charge is 0.338 e. The van der Waals surface area contributed by atoms with E-state index in [0.717, 1.165) is 11.3 Å². The SMILES string of the molecule is CCOC(=O)c1ccc(NC(=O)/C(C#N)=C\Nc2ccccc2C)cc1. The summed E-state index contributed by atoms with van der Waals surface area (Å²) in [4.78, 5) is 23.8. The van der Waals surface area contributed by atoms with Crippen molar-refractivity contribution in [2.75, 3.05) is 17.2 Å². The van der Waals surface area contributed by atoms with Crippen LogP contribution < -0.4 is 10.6 Å². The summed E-state index contributed by atoms with van der Waals surface area (Å²) in [5, 5.41) is 14.8. The van der Waals surface area contributed by atoms with Crippen LogP contribution in [-0.4, -0.2) is 18.5 Å². The van der Waals surface area contributed by atoms with Gasteiger partial charge in [-0.25, -0.2) is 4.79 Å². The third-order valence-electron chi connectivity index (χ3n) is 3.54. The Kier molecular flexibility index (Phi) is 6.52. The summed E-state index contributed by atoms with van der Waals surface area (Å²) in [7, 11) is 0. The minimum atomic E-state index is -0.544. The molecule has 0 aliphatic rings. The highest BCUT2D eigenvalue weighted by Gasteiger charge is 2.11. The molecule has 2 N–H and O–H groups in total. The first-order valence-corrected chi connectivity index (χ1v) is 8.06. The number of nitrogens with zero attached hydrogens (tertiary/aromatic N) is 1. The minimum Gasteiger partial charge on any atom is -0.462 e. The van der Waals surface area contributed by atoms with Crippen molar-refractivity contribution in [3.05, 3.63) is 71.4 Å². The van der Waals surface area contributed by atoms with Gasteiger partial charge >= 0.3 is 5.97 Å². The zero-order chi connectivity index (χ0) is 18.9. The zero-order valence-electron chi connectivity index (χ0n) is 14.6. The molecule has 26 heavy (non-hydrogen) atoms. The number of hydrogen-bond acceptors (Lipinski definition) is 5. The van der Waals surface area contributed by atoms with Crippen molar-refractivity contribution in [3.63, 3.8) is 0 Å². The van der Waals surface area contributed by atoms with Crippen LogP contribution in [0.5, 0.6) is 0 Å². The fraction of sp³-hybridized carbons (Fsp3) is 0.150. The summed E-state index contributed by atoms with van der Waals surface area (Å²) in [5.41, 5.74) is 2.60. The quantitative estimate of drug-likeness (QED) is 0.472. The number of para-hydroxylation sites is 1. The molecule has 6 nitrogen and oxygen atoms in total. The van der Waals surface area contributed by atoms with Gasteiger partial charge in [0.2, 0.25) is 0 Å². The highest BCUT2D eigenvalue weighted by atomic mass is 16.5. The van der Waals surface area contributed by atoms with Gasteiger partial charge in [0, 0.05) is 17.6 Å². The summed E-state index contributed by atoms with van der Waals surface area (Å²) in [6.45, 7) is 3.95. The Balaban J connectivity index is 2.05. The van der Waals surface area contributed by atoms with E-state index >= 15 is 0 Å². The van der Waals surface area contributed by atoms with E-state index in [0.29, 0.717) is 17.9 Å². The Morgan fingerprint density at radius 1 is 1.15 bits per heavy atom. The molecule has 2 aromatic rings. The number of aryl methyl sites for hydroxylation is 1. The van der Waals surface area contributed by atoms with Gasteiger partial charge in [0.25, 0.3) is 5.91 Å². The van der Waals surface area contributed by atoms with Crippen molar-refractivity contribution in [2.45, 2.75) is 13.8 Å². The molecule has 0 aliphatic heterocycles. The first-order valence-electron chi connectivity index (χ1n) is 8.06. The van der Waals surface area contributed by atoms with Crippen LogP contribution in [0.15, 0.2) is 60.3 Å². The largest absolute Gasteiger partial charge is 0.462 e. The number of nitriles is 1. The number of anilines is 2. The maximum Gasteiger partial charge on any atom is 0.338 e. The number of nitrogens with one attached hydrogen (secondary N) is 2. The summed E-state index contributed by atoms with van der Waals surface area (Å²) < 4.78 is 4.90. The van der Waals surface area contributed by atoms with Crippen molar-refractivity contribution in [1.82, 2.24) is 0 Å². The van der Waals surface area contributed by atoms with Gasteiger partial charge in [-0.05, 0) is 49.7 Å². The van der Waals surface area contributed by atoms with Crippen LogP contribution in [0.3, 0.4) is 0 Å². The van der Waals surface area contributed by atoms with Crippen molar-refractivity contribution in [1.29, 1.82) is 5.26 Å². The second kappa shape index (κ2) is 9.04. The van der Waals surface area contributed by atoms with Crippen molar-refractivity contribution >= 4 is 23.3 Å². The summed E-state index contributed by atoms with van der Waals surface area (Å²) >= 11 is 0. The monoisotopic (exact) mass is 349 g/mol. The number of carbonyl (C=O) groups excluding carboxylic acids is 2. The molecule has 0 fully saturated rings.